The Hall–Kier alpha value is -2.89. The van der Waals surface area contributed by atoms with Crippen molar-refractivity contribution >= 4 is 17.5 Å². The van der Waals surface area contributed by atoms with Gasteiger partial charge in [-0.3, -0.25) is 9.59 Å². The number of aryl methyl sites for hydroxylation is 2. The summed E-state index contributed by atoms with van der Waals surface area (Å²) in [5.41, 5.74) is 2.61. The molecule has 1 atom stereocenters. The van der Waals surface area contributed by atoms with Crippen molar-refractivity contribution in [2.75, 3.05) is 5.32 Å². The Morgan fingerprint density at radius 3 is 2.83 bits per heavy atom. The number of nitrogens with zero attached hydrogens (tertiary/aromatic N) is 1. The Balaban J connectivity index is 1.73. The van der Waals surface area contributed by atoms with Crippen LogP contribution in [0.2, 0.25) is 0 Å². The van der Waals surface area contributed by atoms with Gasteiger partial charge in [-0.25, -0.2) is 4.98 Å². The van der Waals surface area contributed by atoms with Gasteiger partial charge >= 0.3 is 0 Å². The molecule has 2 heterocycles. The Morgan fingerprint density at radius 2 is 2.12 bits per heavy atom. The highest BCUT2D eigenvalue weighted by Crippen LogP contribution is 2.27. The summed E-state index contributed by atoms with van der Waals surface area (Å²) in [5, 5.41) is 5.47. The van der Waals surface area contributed by atoms with Gasteiger partial charge < -0.3 is 15.4 Å². The van der Waals surface area contributed by atoms with Crippen LogP contribution in [0.25, 0.3) is 0 Å². The van der Waals surface area contributed by atoms with Gasteiger partial charge in [0.25, 0.3) is 0 Å². The van der Waals surface area contributed by atoms with Crippen molar-refractivity contribution in [1.82, 2.24) is 10.3 Å². The molecule has 0 aliphatic carbocycles. The summed E-state index contributed by atoms with van der Waals surface area (Å²) in [5.74, 6) is 0.823. The molecule has 0 saturated carbocycles. The molecule has 1 aliphatic rings. The van der Waals surface area contributed by atoms with Crippen LogP contribution in [0.1, 0.15) is 24.0 Å². The minimum atomic E-state index is -0.471. The summed E-state index contributed by atoms with van der Waals surface area (Å²) in [7, 11) is 0. The van der Waals surface area contributed by atoms with Crippen LogP contribution in [0.4, 0.5) is 5.69 Å². The van der Waals surface area contributed by atoms with E-state index in [2.05, 4.69) is 15.6 Å². The Bertz CT molecular complexity index is 789. The molecule has 0 radical (unpaired) electrons. The van der Waals surface area contributed by atoms with E-state index in [0.717, 1.165) is 11.1 Å². The second kappa shape index (κ2) is 6.70. The highest BCUT2D eigenvalue weighted by molar-refractivity contribution is 5.99. The van der Waals surface area contributed by atoms with Crippen LogP contribution in [0, 0.1) is 13.8 Å². The predicted molar refractivity (Wildman–Crippen MR) is 90.0 cm³/mol. The van der Waals surface area contributed by atoms with Crippen LogP contribution in [-0.4, -0.2) is 22.8 Å². The van der Waals surface area contributed by atoms with E-state index in [1.807, 2.05) is 32.0 Å². The number of anilines is 1. The molecule has 3 rings (SSSR count). The maximum absolute atomic E-state index is 12.2. The zero-order chi connectivity index (χ0) is 17.1. The van der Waals surface area contributed by atoms with E-state index < -0.39 is 6.04 Å². The molecule has 2 N–H and O–H groups in total. The molecule has 124 valence electrons. The molecular formula is C18H19N3O3. The molecular weight excluding hydrogens is 306 g/mol. The molecule has 0 unspecified atom stereocenters. The van der Waals surface area contributed by atoms with Crippen LogP contribution >= 0.6 is 0 Å². The molecule has 1 aromatic carbocycles. The van der Waals surface area contributed by atoms with E-state index in [1.165, 1.54) is 0 Å². The van der Waals surface area contributed by atoms with Gasteiger partial charge in [-0.05, 0) is 43.5 Å². The average Bonchev–Trinajstić information content (AvgIpc) is 2.97. The van der Waals surface area contributed by atoms with Gasteiger partial charge in [-0.15, -0.1) is 0 Å². The van der Waals surface area contributed by atoms with Crippen LogP contribution in [0.15, 0.2) is 36.5 Å². The van der Waals surface area contributed by atoms with E-state index in [0.29, 0.717) is 30.2 Å². The molecule has 0 bridgehead atoms. The van der Waals surface area contributed by atoms with Gasteiger partial charge in [0.15, 0.2) is 0 Å². The lowest BCUT2D eigenvalue weighted by molar-refractivity contribution is -0.122. The van der Waals surface area contributed by atoms with Gasteiger partial charge in [0.2, 0.25) is 17.7 Å². The minimum Gasteiger partial charge on any atom is -0.439 e. The Kier molecular flexibility index (Phi) is 4.46. The third-order valence-electron chi connectivity index (χ3n) is 3.87. The third kappa shape index (κ3) is 3.71. The van der Waals surface area contributed by atoms with E-state index in [-0.39, 0.29) is 11.8 Å². The maximum Gasteiger partial charge on any atom is 0.246 e. The van der Waals surface area contributed by atoms with Crippen LogP contribution in [0.3, 0.4) is 0 Å². The molecule has 1 saturated heterocycles. The van der Waals surface area contributed by atoms with E-state index in [9.17, 15) is 9.59 Å². The van der Waals surface area contributed by atoms with Gasteiger partial charge in [-0.1, -0.05) is 6.07 Å². The van der Waals surface area contributed by atoms with Crippen molar-refractivity contribution in [3.05, 3.63) is 47.7 Å². The second-order valence-corrected chi connectivity index (χ2v) is 5.90. The molecule has 24 heavy (non-hydrogen) atoms. The molecule has 0 spiro atoms. The highest BCUT2D eigenvalue weighted by atomic mass is 16.5. The Labute approximate surface area is 140 Å². The number of aromatic nitrogens is 1. The van der Waals surface area contributed by atoms with Gasteiger partial charge in [0.1, 0.15) is 11.8 Å². The van der Waals surface area contributed by atoms with E-state index in [4.69, 9.17) is 4.74 Å². The van der Waals surface area contributed by atoms with Gasteiger partial charge in [0.05, 0.1) is 0 Å². The topological polar surface area (TPSA) is 80.3 Å². The number of benzene rings is 1. The average molecular weight is 325 g/mol. The van der Waals surface area contributed by atoms with Crippen LogP contribution in [-0.2, 0) is 9.59 Å². The fraction of sp³-hybridized carbons (Fsp3) is 0.278. The largest absolute Gasteiger partial charge is 0.439 e. The first kappa shape index (κ1) is 16.0. The maximum atomic E-state index is 12.2. The lowest BCUT2D eigenvalue weighted by Crippen LogP contribution is -2.37. The first-order chi connectivity index (χ1) is 11.5. The zero-order valence-electron chi connectivity index (χ0n) is 13.6. The van der Waals surface area contributed by atoms with Crippen LogP contribution in [0.5, 0.6) is 11.6 Å². The molecule has 1 aromatic heterocycles. The van der Waals surface area contributed by atoms with Crippen molar-refractivity contribution in [2.24, 2.45) is 0 Å². The summed E-state index contributed by atoms with van der Waals surface area (Å²) < 4.78 is 5.82. The summed E-state index contributed by atoms with van der Waals surface area (Å²) in [6.45, 7) is 3.89. The van der Waals surface area contributed by atoms with Crippen molar-refractivity contribution in [2.45, 2.75) is 32.7 Å². The lowest BCUT2D eigenvalue weighted by Gasteiger charge is -2.13. The third-order valence-corrected chi connectivity index (χ3v) is 3.87. The summed E-state index contributed by atoms with van der Waals surface area (Å²) in [6, 6.07) is 8.70. The summed E-state index contributed by atoms with van der Waals surface area (Å²) >= 11 is 0. The number of carbonyl (C=O) groups is 2. The molecule has 1 aliphatic heterocycles. The van der Waals surface area contributed by atoms with E-state index >= 15 is 0 Å². The molecule has 1 fully saturated rings. The standard InChI is InChI=1S/C18H19N3O3/c1-11-7-8-19-17(9-11)24-15-10-13(4-3-12(15)2)20-18(23)14-5-6-16(22)21-14/h3-4,7-10,14H,5-6H2,1-2H3,(H,20,23)(H,21,22)/t14-/m1/s1. The minimum absolute atomic E-state index is 0.0893. The Morgan fingerprint density at radius 1 is 1.29 bits per heavy atom. The van der Waals surface area contributed by atoms with Crippen LogP contribution < -0.4 is 15.4 Å². The van der Waals surface area contributed by atoms with Crippen molar-refractivity contribution in [1.29, 1.82) is 0 Å². The van der Waals surface area contributed by atoms with E-state index in [1.54, 1.807) is 18.3 Å². The number of ether oxygens (including phenoxy) is 1. The number of amides is 2. The molecule has 6 heteroatoms. The van der Waals surface area contributed by atoms with Gasteiger partial charge in [-0.2, -0.15) is 0 Å². The number of hydrogen-bond acceptors (Lipinski definition) is 4. The summed E-state index contributed by atoms with van der Waals surface area (Å²) in [6.07, 6.45) is 2.60. The lowest BCUT2D eigenvalue weighted by atomic mass is 10.1. The highest BCUT2D eigenvalue weighted by Gasteiger charge is 2.27. The number of rotatable bonds is 4. The van der Waals surface area contributed by atoms with Crippen molar-refractivity contribution in [3.63, 3.8) is 0 Å². The quantitative estimate of drug-likeness (QED) is 0.906. The number of pyridine rings is 1. The number of hydrogen-bond donors (Lipinski definition) is 2. The van der Waals surface area contributed by atoms with Crippen molar-refractivity contribution < 1.29 is 14.3 Å². The predicted octanol–water partition coefficient (Wildman–Crippen LogP) is 2.71. The van der Waals surface area contributed by atoms with Gasteiger partial charge in [0, 0.05) is 30.4 Å². The molecule has 2 amide bonds. The normalized spacial score (nSPS) is 16.6. The SMILES string of the molecule is Cc1ccnc(Oc2cc(NC(=O)[C@H]3CCC(=O)N3)ccc2C)c1. The fourth-order valence-corrected chi connectivity index (χ4v) is 2.50. The number of carbonyl (C=O) groups excluding carboxylic acids is 2. The first-order valence-electron chi connectivity index (χ1n) is 7.82. The number of nitrogens with one attached hydrogen (secondary N) is 2. The fourth-order valence-electron chi connectivity index (χ4n) is 2.50. The second-order valence-electron chi connectivity index (χ2n) is 5.90. The van der Waals surface area contributed by atoms with Crippen molar-refractivity contribution in [3.8, 4) is 11.6 Å². The molecule has 6 nitrogen and oxygen atoms in total. The monoisotopic (exact) mass is 325 g/mol. The smallest absolute Gasteiger partial charge is 0.246 e. The first-order valence-corrected chi connectivity index (χ1v) is 7.82. The molecule has 2 aromatic rings. The zero-order valence-corrected chi connectivity index (χ0v) is 13.6. The summed E-state index contributed by atoms with van der Waals surface area (Å²) in [4.78, 5) is 27.6.